The van der Waals surface area contributed by atoms with Gasteiger partial charge in [0.05, 0.1) is 0 Å². The van der Waals surface area contributed by atoms with Gasteiger partial charge >= 0.3 is 0 Å². The zero-order chi connectivity index (χ0) is 8.81. The van der Waals surface area contributed by atoms with Crippen LogP contribution in [0, 0.1) is 0 Å². The zero-order valence-corrected chi connectivity index (χ0v) is 8.45. The van der Waals surface area contributed by atoms with Crippen LogP contribution in [0.3, 0.4) is 0 Å². The minimum atomic E-state index is -0.651. The van der Waals surface area contributed by atoms with Crippen molar-refractivity contribution < 1.29 is 4.21 Å². The largest absolute Gasteiger partial charge is 0.314 e. The van der Waals surface area contributed by atoms with Gasteiger partial charge in [0.2, 0.25) is 0 Å². The molecule has 0 saturated carbocycles. The molecule has 0 aliphatic carbocycles. The summed E-state index contributed by atoms with van der Waals surface area (Å²) in [4.78, 5) is 0. The monoisotopic (exact) mass is 190 g/mol. The van der Waals surface area contributed by atoms with E-state index in [0.29, 0.717) is 6.04 Å². The molecule has 0 spiro atoms. The molecule has 72 valence electrons. The van der Waals surface area contributed by atoms with Gasteiger partial charge in [-0.25, -0.2) is 0 Å². The molecule has 0 aromatic rings. The fourth-order valence-electron chi connectivity index (χ4n) is 1.42. The minimum Gasteiger partial charge on any atom is -0.314 e. The lowest BCUT2D eigenvalue weighted by molar-refractivity contribution is 0.547. The predicted octanol–water partition coefficient (Wildman–Crippen LogP) is -0.293. The van der Waals surface area contributed by atoms with Gasteiger partial charge < -0.3 is 10.6 Å². The Morgan fingerprint density at radius 1 is 1.67 bits per heavy atom. The SMILES string of the molecule is CS(=O)CCNCC1CCCN1. The second-order valence-electron chi connectivity index (χ2n) is 3.27. The van der Waals surface area contributed by atoms with Gasteiger partial charge in [-0.2, -0.15) is 0 Å². The Morgan fingerprint density at radius 3 is 3.08 bits per heavy atom. The molecule has 1 aliphatic heterocycles. The third-order valence-corrected chi connectivity index (χ3v) is 2.90. The Labute approximate surface area is 76.8 Å². The van der Waals surface area contributed by atoms with Gasteiger partial charge in [-0.1, -0.05) is 0 Å². The van der Waals surface area contributed by atoms with Crippen molar-refractivity contribution in [1.29, 1.82) is 0 Å². The standard InChI is InChI=1S/C8H18N2OS/c1-12(11)6-5-9-7-8-3-2-4-10-8/h8-10H,2-7H2,1H3. The molecule has 1 fully saturated rings. The zero-order valence-electron chi connectivity index (χ0n) is 7.64. The van der Waals surface area contributed by atoms with Crippen molar-refractivity contribution in [1.82, 2.24) is 10.6 Å². The fourth-order valence-corrected chi connectivity index (χ4v) is 1.85. The molecule has 2 atom stereocenters. The van der Waals surface area contributed by atoms with E-state index in [2.05, 4.69) is 10.6 Å². The Kier molecular flexibility index (Phi) is 4.80. The van der Waals surface area contributed by atoms with Crippen molar-refractivity contribution in [2.75, 3.05) is 31.6 Å². The normalized spacial score (nSPS) is 25.9. The highest BCUT2D eigenvalue weighted by Gasteiger charge is 2.12. The molecule has 4 heteroatoms. The van der Waals surface area contributed by atoms with E-state index in [0.717, 1.165) is 25.4 Å². The van der Waals surface area contributed by atoms with Crippen LogP contribution in [0.5, 0.6) is 0 Å². The summed E-state index contributed by atoms with van der Waals surface area (Å²) >= 11 is 0. The van der Waals surface area contributed by atoms with Gasteiger partial charge in [0.25, 0.3) is 0 Å². The molecule has 0 bridgehead atoms. The van der Waals surface area contributed by atoms with E-state index >= 15 is 0 Å². The lowest BCUT2D eigenvalue weighted by Gasteiger charge is -2.10. The lowest BCUT2D eigenvalue weighted by Crippen LogP contribution is -2.35. The first-order valence-corrected chi connectivity index (χ1v) is 6.26. The fraction of sp³-hybridized carbons (Fsp3) is 1.00. The summed E-state index contributed by atoms with van der Waals surface area (Å²) in [6.07, 6.45) is 4.32. The predicted molar refractivity (Wildman–Crippen MR) is 52.8 cm³/mol. The quantitative estimate of drug-likeness (QED) is 0.585. The first-order valence-electron chi connectivity index (χ1n) is 4.53. The first kappa shape index (κ1) is 10.2. The van der Waals surface area contributed by atoms with Gasteiger partial charge in [-0.15, -0.1) is 0 Å². The second-order valence-corrected chi connectivity index (χ2v) is 4.83. The molecule has 1 rings (SSSR count). The van der Waals surface area contributed by atoms with E-state index in [1.54, 1.807) is 6.26 Å². The van der Waals surface area contributed by atoms with Crippen LogP contribution in [0.4, 0.5) is 0 Å². The molecule has 1 aliphatic rings. The van der Waals surface area contributed by atoms with Crippen LogP contribution in [0.1, 0.15) is 12.8 Å². The highest BCUT2D eigenvalue weighted by Crippen LogP contribution is 2.02. The van der Waals surface area contributed by atoms with E-state index in [-0.39, 0.29) is 0 Å². The molecule has 3 nitrogen and oxygen atoms in total. The number of hydrogen-bond acceptors (Lipinski definition) is 3. The highest BCUT2D eigenvalue weighted by atomic mass is 32.2. The Balaban J connectivity index is 1.91. The summed E-state index contributed by atoms with van der Waals surface area (Å²) in [6, 6.07) is 0.648. The molecule has 1 saturated heterocycles. The Morgan fingerprint density at radius 2 is 2.50 bits per heavy atom. The van der Waals surface area contributed by atoms with Crippen molar-refractivity contribution in [2.24, 2.45) is 0 Å². The molecule has 0 aromatic carbocycles. The van der Waals surface area contributed by atoms with Crippen LogP contribution in [0.2, 0.25) is 0 Å². The van der Waals surface area contributed by atoms with Crippen LogP contribution >= 0.6 is 0 Å². The Bertz CT molecular complexity index is 146. The molecule has 2 N–H and O–H groups in total. The molecule has 0 aromatic heterocycles. The molecular formula is C8H18N2OS. The van der Waals surface area contributed by atoms with E-state index in [1.165, 1.54) is 12.8 Å². The summed E-state index contributed by atoms with van der Waals surface area (Å²) in [5.74, 6) is 0.771. The number of nitrogens with one attached hydrogen (secondary N) is 2. The van der Waals surface area contributed by atoms with Crippen LogP contribution in [0.25, 0.3) is 0 Å². The molecule has 0 radical (unpaired) electrons. The van der Waals surface area contributed by atoms with Crippen molar-refractivity contribution in [3.05, 3.63) is 0 Å². The maximum Gasteiger partial charge on any atom is 0.0357 e. The first-order chi connectivity index (χ1) is 5.79. The summed E-state index contributed by atoms with van der Waals surface area (Å²) in [5.41, 5.74) is 0. The van der Waals surface area contributed by atoms with E-state index in [9.17, 15) is 4.21 Å². The van der Waals surface area contributed by atoms with Crippen LogP contribution < -0.4 is 10.6 Å². The molecule has 2 unspecified atom stereocenters. The smallest absolute Gasteiger partial charge is 0.0357 e. The highest BCUT2D eigenvalue weighted by molar-refractivity contribution is 7.84. The maximum atomic E-state index is 10.7. The van der Waals surface area contributed by atoms with Crippen molar-refractivity contribution in [3.8, 4) is 0 Å². The van der Waals surface area contributed by atoms with E-state index in [4.69, 9.17) is 0 Å². The summed E-state index contributed by atoms with van der Waals surface area (Å²) in [7, 11) is -0.651. The second kappa shape index (κ2) is 5.67. The van der Waals surface area contributed by atoms with Crippen molar-refractivity contribution >= 4 is 10.8 Å². The molecule has 1 heterocycles. The summed E-state index contributed by atoms with van der Waals surface area (Å²) < 4.78 is 10.7. The topological polar surface area (TPSA) is 41.1 Å². The molecule has 12 heavy (non-hydrogen) atoms. The van der Waals surface area contributed by atoms with Crippen LogP contribution in [-0.2, 0) is 10.8 Å². The third-order valence-electron chi connectivity index (χ3n) is 2.12. The summed E-state index contributed by atoms with van der Waals surface area (Å²) in [5, 5.41) is 6.71. The van der Waals surface area contributed by atoms with Crippen molar-refractivity contribution in [3.63, 3.8) is 0 Å². The van der Waals surface area contributed by atoms with E-state index in [1.807, 2.05) is 0 Å². The summed E-state index contributed by atoms with van der Waals surface area (Å²) in [6.45, 7) is 3.06. The maximum absolute atomic E-state index is 10.7. The average molecular weight is 190 g/mol. The minimum absolute atomic E-state index is 0.648. The van der Waals surface area contributed by atoms with Crippen LogP contribution in [0.15, 0.2) is 0 Å². The Hall–Kier alpha value is 0.0700. The van der Waals surface area contributed by atoms with Gasteiger partial charge in [-0.3, -0.25) is 4.21 Å². The van der Waals surface area contributed by atoms with Gasteiger partial charge in [0, 0.05) is 41.9 Å². The number of hydrogen-bond donors (Lipinski definition) is 2. The third kappa shape index (κ3) is 4.18. The molecular weight excluding hydrogens is 172 g/mol. The van der Waals surface area contributed by atoms with Gasteiger partial charge in [0.1, 0.15) is 0 Å². The van der Waals surface area contributed by atoms with Crippen molar-refractivity contribution in [2.45, 2.75) is 18.9 Å². The lowest BCUT2D eigenvalue weighted by atomic mass is 10.2. The average Bonchev–Trinajstić information content (AvgIpc) is 2.49. The van der Waals surface area contributed by atoms with E-state index < -0.39 is 10.8 Å². The van der Waals surface area contributed by atoms with Gasteiger partial charge in [-0.05, 0) is 19.4 Å². The molecule has 0 amide bonds. The number of rotatable bonds is 5. The van der Waals surface area contributed by atoms with Crippen LogP contribution in [-0.4, -0.2) is 41.9 Å². The van der Waals surface area contributed by atoms with Gasteiger partial charge in [0.15, 0.2) is 0 Å².